The van der Waals surface area contributed by atoms with Gasteiger partial charge in [-0.05, 0) is 13.1 Å². The van der Waals surface area contributed by atoms with Gasteiger partial charge in [-0.3, -0.25) is 4.79 Å². The molecule has 0 amide bonds. The first-order chi connectivity index (χ1) is 7.50. The van der Waals surface area contributed by atoms with Crippen molar-refractivity contribution in [1.29, 1.82) is 0 Å². The molecular weight excluding hydrogens is 206 g/mol. The van der Waals surface area contributed by atoms with Crippen molar-refractivity contribution in [1.82, 2.24) is 4.90 Å². The molecule has 0 saturated carbocycles. The number of hydrogen-bond donors (Lipinski definition) is 2. The van der Waals surface area contributed by atoms with E-state index in [1.54, 1.807) is 19.1 Å². The van der Waals surface area contributed by atoms with Gasteiger partial charge in [0.2, 0.25) is 0 Å². The highest BCUT2D eigenvalue weighted by molar-refractivity contribution is 5.69. The van der Waals surface area contributed by atoms with Crippen LogP contribution in [0.4, 0.5) is 0 Å². The van der Waals surface area contributed by atoms with Crippen LogP contribution < -0.4 is 0 Å². The van der Waals surface area contributed by atoms with Gasteiger partial charge in [0.1, 0.15) is 5.75 Å². The van der Waals surface area contributed by atoms with Crippen LogP contribution in [0.2, 0.25) is 0 Å². The van der Waals surface area contributed by atoms with Gasteiger partial charge in [-0.2, -0.15) is 0 Å². The Morgan fingerprint density at radius 3 is 2.62 bits per heavy atom. The lowest BCUT2D eigenvalue weighted by molar-refractivity contribution is -0.141. The molecule has 1 unspecified atom stereocenters. The van der Waals surface area contributed by atoms with Crippen molar-refractivity contribution in [2.45, 2.75) is 13.5 Å². The van der Waals surface area contributed by atoms with Crippen molar-refractivity contribution in [2.24, 2.45) is 5.92 Å². The molecule has 1 rings (SSSR count). The molecule has 2 N–H and O–H groups in total. The molecular formula is C12H17NO3. The number of phenolic OH excluding ortho intramolecular Hbond substituents is 1. The highest BCUT2D eigenvalue weighted by Crippen LogP contribution is 2.17. The van der Waals surface area contributed by atoms with E-state index in [9.17, 15) is 9.90 Å². The number of carboxylic acid groups (broad SMARTS) is 1. The van der Waals surface area contributed by atoms with Crippen molar-refractivity contribution >= 4 is 5.97 Å². The monoisotopic (exact) mass is 223 g/mol. The molecule has 88 valence electrons. The Morgan fingerprint density at radius 2 is 2.06 bits per heavy atom. The first-order valence-corrected chi connectivity index (χ1v) is 5.19. The smallest absolute Gasteiger partial charge is 0.307 e. The maximum Gasteiger partial charge on any atom is 0.307 e. The number of carboxylic acids is 1. The van der Waals surface area contributed by atoms with E-state index in [1.165, 1.54) is 0 Å². The van der Waals surface area contributed by atoms with E-state index in [0.717, 1.165) is 5.56 Å². The molecule has 0 aliphatic rings. The SMILES string of the molecule is CC(CN(C)Cc1ccccc1O)C(=O)O. The van der Waals surface area contributed by atoms with E-state index in [2.05, 4.69) is 0 Å². The fraction of sp³-hybridized carbons (Fsp3) is 0.417. The highest BCUT2D eigenvalue weighted by Gasteiger charge is 2.14. The first-order valence-electron chi connectivity index (χ1n) is 5.19. The van der Waals surface area contributed by atoms with Gasteiger partial charge in [0.25, 0.3) is 0 Å². The number of hydrogen-bond acceptors (Lipinski definition) is 3. The van der Waals surface area contributed by atoms with Gasteiger partial charge in [-0.15, -0.1) is 0 Å². The largest absolute Gasteiger partial charge is 0.508 e. The van der Waals surface area contributed by atoms with Crippen LogP contribution in [0.1, 0.15) is 12.5 Å². The summed E-state index contributed by atoms with van der Waals surface area (Å²) in [7, 11) is 1.84. The number of aromatic hydroxyl groups is 1. The van der Waals surface area contributed by atoms with Crippen LogP contribution in [-0.4, -0.2) is 34.7 Å². The Labute approximate surface area is 95.1 Å². The maximum absolute atomic E-state index is 10.7. The molecule has 4 nitrogen and oxygen atoms in total. The minimum atomic E-state index is -0.802. The van der Waals surface area contributed by atoms with Gasteiger partial charge in [0.05, 0.1) is 5.92 Å². The second-order valence-corrected chi connectivity index (χ2v) is 4.06. The average Bonchev–Trinajstić information content (AvgIpc) is 2.21. The Kier molecular flexibility index (Phi) is 4.31. The van der Waals surface area contributed by atoms with Crippen LogP contribution in [0, 0.1) is 5.92 Å². The van der Waals surface area contributed by atoms with Crippen LogP contribution in [0.25, 0.3) is 0 Å². The lowest BCUT2D eigenvalue weighted by Gasteiger charge is -2.19. The quantitative estimate of drug-likeness (QED) is 0.795. The van der Waals surface area contributed by atoms with Gasteiger partial charge in [0.15, 0.2) is 0 Å². The van der Waals surface area contributed by atoms with Crippen molar-refractivity contribution in [3.05, 3.63) is 29.8 Å². The van der Waals surface area contributed by atoms with Gasteiger partial charge in [-0.25, -0.2) is 0 Å². The lowest BCUT2D eigenvalue weighted by atomic mass is 10.1. The predicted molar refractivity (Wildman–Crippen MR) is 61.2 cm³/mol. The average molecular weight is 223 g/mol. The molecule has 4 heteroatoms. The van der Waals surface area contributed by atoms with Crippen LogP contribution in [0.5, 0.6) is 5.75 Å². The van der Waals surface area contributed by atoms with E-state index in [0.29, 0.717) is 13.1 Å². The molecule has 0 aliphatic carbocycles. The summed E-state index contributed by atoms with van der Waals surface area (Å²) in [6, 6.07) is 7.07. The van der Waals surface area contributed by atoms with E-state index in [-0.39, 0.29) is 5.75 Å². The fourth-order valence-corrected chi connectivity index (χ4v) is 1.55. The molecule has 0 bridgehead atoms. The zero-order valence-electron chi connectivity index (χ0n) is 9.55. The number of carbonyl (C=O) groups is 1. The number of para-hydroxylation sites is 1. The van der Waals surface area contributed by atoms with Gasteiger partial charge >= 0.3 is 5.97 Å². The van der Waals surface area contributed by atoms with E-state index in [4.69, 9.17) is 5.11 Å². The third-order valence-corrected chi connectivity index (χ3v) is 2.44. The molecule has 1 aromatic rings. The van der Waals surface area contributed by atoms with Crippen LogP contribution >= 0.6 is 0 Å². The predicted octanol–water partition coefficient (Wildman–Crippen LogP) is 1.54. The van der Waals surface area contributed by atoms with Crippen molar-refractivity contribution in [3.63, 3.8) is 0 Å². The van der Waals surface area contributed by atoms with E-state index in [1.807, 2.05) is 24.1 Å². The van der Waals surface area contributed by atoms with Gasteiger partial charge < -0.3 is 15.1 Å². The number of benzene rings is 1. The Bertz CT molecular complexity index is 365. The standard InChI is InChI=1S/C12H17NO3/c1-9(12(15)16)7-13(2)8-10-5-3-4-6-11(10)14/h3-6,9,14H,7-8H2,1-2H3,(H,15,16). The summed E-state index contributed by atoms with van der Waals surface area (Å²) in [6.07, 6.45) is 0. The second-order valence-electron chi connectivity index (χ2n) is 4.06. The summed E-state index contributed by atoms with van der Waals surface area (Å²) in [6.45, 7) is 2.68. The van der Waals surface area contributed by atoms with Gasteiger partial charge in [-0.1, -0.05) is 25.1 Å². The number of aliphatic carboxylic acids is 1. The summed E-state index contributed by atoms with van der Waals surface area (Å²) in [5.41, 5.74) is 0.808. The molecule has 0 heterocycles. The molecule has 0 saturated heterocycles. The molecule has 0 aliphatic heterocycles. The van der Waals surface area contributed by atoms with Crippen LogP contribution in [0.3, 0.4) is 0 Å². The van der Waals surface area contributed by atoms with Crippen LogP contribution in [-0.2, 0) is 11.3 Å². The zero-order chi connectivity index (χ0) is 12.1. The summed E-state index contributed by atoms with van der Waals surface area (Å²) < 4.78 is 0. The van der Waals surface area contributed by atoms with Crippen LogP contribution in [0.15, 0.2) is 24.3 Å². The number of phenols is 1. The Balaban J connectivity index is 2.55. The summed E-state index contributed by atoms with van der Waals surface area (Å²) in [4.78, 5) is 12.6. The molecule has 0 radical (unpaired) electrons. The minimum Gasteiger partial charge on any atom is -0.508 e. The van der Waals surface area contributed by atoms with Gasteiger partial charge in [0, 0.05) is 18.7 Å². The van der Waals surface area contributed by atoms with Crippen molar-refractivity contribution < 1.29 is 15.0 Å². The van der Waals surface area contributed by atoms with E-state index < -0.39 is 11.9 Å². The Morgan fingerprint density at radius 1 is 1.44 bits per heavy atom. The molecule has 1 atom stereocenters. The number of rotatable bonds is 5. The Hall–Kier alpha value is -1.55. The maximum atomic E-state index is 10.7. The molecule has 16 heavy (non-hydrogen) atoms. The minimum absolute atomic E-state index is 0.248. The highest BCUT2D eigenvalue weighted by atomic mass is 16.4. The molecule has 0 spiro atoms. The molecule has 0 fully saturated rings. The normalized spacial score (nSPS) is 12.7. The third kappa shape index (κ3) is 3.55. The summed E-state index contributed by atoms with van der Waals surface area (Å²) in [5, 5.41) is 18.3. The fourth-order valence-electron chi connectivity index (χ4n) is 1.55. The molecule has 1 aromatic carbocycles. The zero-order valence-corrected chi connectivity index (χ0v) is 9.55. The summed E-state index contributed by atoms with van der Waals surface area (Å²) >= 11 is 0. The third-order valence-electron chi connectivity index (χ3n) is 2.44. The van der Waals surface area contributed by atoms with Crippen molar-refractivity contribution in [3.8, 4) is 5.75 Å². The topological polar surface area (TPSA) is 60.8 Å². The number of nitrogens with zero attached hydrogens (tertiary/aromatic N) is 1. The first kappa shape index (κ1) is 12.5. The lowest BCUT2D eigenvalue weighted by Crippen LogP contribution is -2.28. The summed E-state index contributed by atoms with van der Waals surface area (Å²) in [5.74, 6) is -0.961. The molecule has 0 aromatic heterocycles. The van der Waals surface area contributed by atoms with Crippen molar-refractivity contribution in [2.75, 3.05) is 13.6 Å². The second kappa shape index (κ2) is 5.51. The van der Waals surface area contributed by atoms with E-state index >= 15 is 0 Å².